The second kappa shape index (κ2) is 9.86. The van der Waals surface area contributed by atoms with Crippen molar-refractivity contribution in [1.29, 1.82) is 0 Å². The van der Waals surface area contributed by atoms with E-state index in [1.807, 2.05) is 43.3 Å². The number of carboxylic acid groups (broad SMARTS) is 1. The topological polar surface area (TPSA) is 75.6 Å². The van der Waals surface area contributed by atoms with Crippen molar-refractivity contribution in [2.75, 3.05) is 6.61 Å². The number of alkyl carbamates (subject to hydrolysis) is 1. The predicted octanol–water partition coefficient (Wildman–Crippen LogP) is 5.45. The Kier molecular flexibility index (Phi) is 6.73. The van der Waals surface area contributed by atoms with Crippen LogP contribution < -0.4 is 5.32 Å². The third-order valence-electron chi connectivity index (χ3n) is 6.04. The standard InChI is InChI=1S/C27H26FNO4/c1-17-10-12-25(28)18(14-17)15-19(11-13-26(30)31)29-27(32)33-16-24-22-8-4-2-6-20(22)21-7-3-5-9-23(21)24/h2-10,12,14,19,24H,11,13,15-16H2,1H3,(H,29,32)(H,30,31). The molecule has 6 heteroatoms. The number of nitrogens with one attached hydrogen (secondary N) is 1. The molecule has 0 aliphatic heterocycles. The van der Waals surface area contributed by atoms with E-state index in [0.29, 0.717) is 5.56 Å². The summed E-state index contributed by atoms with van der Waals surface area (Å²) in [4.78, 5) is 23.7. The number of aryl methyl sites for hydroxylation is 1. The molecule has 0 aromatic heterocycles. The average Bonchev–Trinajstić information content (AvgIpc) is 3.12. The maximum absolute atomic E-state index is 14.2. The fourth-order valence-electron chi connectivity index (χ4n) is 4.46. The molecule has 0 saturated heterocycles. The summed E-state index contributed by atoms with van der Waals surface area (Å²) in [6.07, 6.45) is -0.417. The Morgan fingerprint density at radius 3 is 2.30 bits per heavy atom. The van der Waals surface area contributed by atoms with Gasteiger partial charge in [-0.3, -0.25) is 4.79 Å². The summed E-state index contributed by atoms with van der Waals surface area (Å²) < 4.78 is 19.8. The van der Waals surface area contributed by atoms with Crippen LogP contribution >= 0.6 is 0 Å². The van der Waals surface area contributed by atoms with E-state index >= 15 is 0 Å². The van der Waals surface area contributed by atoms with E-state index in [1.54, 1.807) is 12.1 Å². The maximum Gasteiger partial charge on any atom is 0.407 e. The van der Waals surface area contributed by atoms with Crippen molar-refractivity contribution >= 4 is 12.1 Å². The largest absolute Gasteiger partial charge is 0.481 e. The molecule has 2 N–H and O–H groups in total. The first-order chi connectivity index (χ1) is 15.9. The van der Waals surface area contributed by atoms with Gasteiger partial charge in [-0.25, -0.2) is 9.18 Å². The Labute approximate surface area is 192 Å². The predicted molar refractivity (Wildman–Crippen MR) is 124 cm³/mol. The van der Waals surface area contributed by atoms with E-state index in [-0.39, 0.29) is 37.6 Å². The van der Waals surface area contributed by atoms with Crippen LogP contribution in [0.4, 0.5) is 9.18 Å². The van der Waals surface area contributed by atoms with Crippen LogP contribution in [0.5, 0.6) is 0 Å². The minimum Gasteiger partial charge on any atom is -0.481 e. The lowest BCUT2D eigenvalue weighted by molar-refractivity contribution is -0.137. The highest BCUT2D eigenvalue weighted by atomic mass is 19.1. The van der Waals surface area contributed by atoms with Crippen molar-refractivity contribution in [3.8, 4) is 11.1 Å². The molecule has 0 fully saturated rings. The number of ether oxygens (including phenoxy) is 1. The first kappa shape index (κ1) is 22.5. The summed E-state index contributed by atoms with van der Waals surface area (Å²) in [5.74, 6) is -1.43. The molecule has 0 heterocycles. The van der Waals surface area contributed by atoms with Gasteiger partial charge in [-0.05, 0) is 53.6 Å². The highest BCUT2D eigenvalue weighted by molar-refractivity contribution is 5.79. The molecular formula is C27H26FNO4. The SMILES string of the molecule is Cc1ccc(F)c(CC(CCC(=O)O)NC(=O)OCC2c3ccccc3-c3ccccc32)c1. The zero-order valence-corrected chi connectivity index (χ0v) is 18.4. The van der Waals surface area contributed by atoms with E-state index in [4.69, 9.17) is 9.84 Å². The Morgan fingerprint density at radius 2 is 1.67 bits per heavy atom. The summed E-state index contributed by atoms with van der Waals surface area (Å²) in [6, 6.07) is 20.3. The number of aliphatic carboxylic acids is 1. The molecule has 5 nitrogen and oxygen atoms in total. The van der Waals surface area contributed by atoms with Gasteiger partial charge in [0, 0.05) is 18.4 Å². The molecule has 1 unspecified atom stereocenters. The first-order valence-corrected chi connectivity index (χ1v) is 11.0. The van der Waals surface area contributed by atoms with Crippen molar-refractivity contribution in [3.63, 3.8) is 0 Å². The van der Waals surface area contributed by atoms with Gasteiger partial charge in [0.05, 0.1) is 0 Å². The molecule has 3 aromatic carbocycles. The van der Waals surface area contributed by atoms with E-state index in [0.717, 1.165) is 27.8 Å². The van der Waals surface area contributed by atoms with Crippen LogP contribution in [0.25, 0.3) is 11.1 Å². The van der Waals surface area contributed by atoms with Crippen LogP contribution in [0.2, 0.25) is 0 Å². The molecule has 1 aliphatic carbocycles. The van der Waals surface area contributed by atoms with Crippen molar-refractivity contribution in [2.24, 2.45) is 0 Å². The zero-order chi connectivity index (χ0) is 23.4. The molecule has 0 saturated carbocycles. The normalized spacial score (nSPS) is 13.2. The van der Waals surface area contributed by atoms with Gasteiger partial charge in [0.2, 0.25) is 0 Å². The lowest BCUT2D eigenvalue weighted by Gasteiger charge is -2.20. The Hall–Kier alpha value is -3.67. The summed E-state index contributed by atoms with van der Waals surface area (Å²) in [5.41, 5.74) is 5.81. The number of carbonyl (C=O) groups excluding carboxylic acids is 1. The minimum atomic E-state index is -0.973. The first-order valence-electron chi connectivity index (χ1n) is 11.0. The van der Waals surface area contributed by atoms with Crippen LogP contribution in [0.1, 0.15) is 41.0 Å². The molecule has 1 amide bonds. The zero-order valence-electron chi connectivity index (χ0n) is 18.4. The molecule has 33 heavy (non-hydrogen) atoms. The van der Waals surface area contributed by atoms with Gasteiger partial charge in [0.15, 0.2) is 0 Å². The number of hydrogen-bond donors (Lipinski definition) is 2. The lowest BCUT2D eigenvalue weighted by atomic mass is 9.98. The molecule has 0 bridgehead atoms. The van der Waals surface area contributed by atoms with Crippen LogP contribution in [-0.4, -0.2) is 29.8 Å². The fraction of sp³-hybridized carbons (Fsp3) is 0.259. The third kappa shape index (κ3) is 5.22. The van der Waals surface area contributed by atoms with Crippen molar-refractivity contribution < 1.29 is 23.8 Å². The van der Waals surface area contributed by atoms with Gasteiger partial charge < -0.3 is 15.2 Å². The molecular weight excluding hydrogens is 421 g/mol. The third-order valence-corrected chi connectivity index (χ3v) is 6.04. The summed E-state index contributed by atoms with van der Waals surface area (Å²) in [6.45, 7) is 2.01. The summed E-state index contributed by atoms with van der Waals surface area (Å²) in [7, 11) is 0. The van der Waals surface area contributed by atoms with Gasteiger partial charge in [-0.1, -0.05) is 66.2 Å². The summed E-state index contributed by atoms with van der Waals surface area (Å²) >= 11 is 0. The number of benzene rings is 3. The van der Waals surface area contributed by atoms with Crippen LogP contribution in [0.3, 0.4) is 0 Å². The van der Waals surface area contributed by atoms with E-state index in [1.165, 1.54) is 6.07 Å². The molecule has 0 radical (unpaired) electrons. The van der Waals surface area contributed by atoms with Gasteiger partial charge in [0.25, 0.3) is 0 Å². The molecule has 4 rings (SSSR count). The van der Waals surface area contributed by atoms with Crippen LogP contribution in [0.15, 0.2) is 66.7 Å². The quantitative estimate of drug-likeness (QED) is 0.482. The van der Waals surface area contributed by atoms with Gasteiger partial charge in [-0.2, -0.15) is 0 Å². The molecule has 3 aromatic rings. The number of carboxylic acids is 1. The van der Waals surface area contributed by atoms with Gasteiger partial charge in [-0.15, -0.1) is 0 Å². The number of fused-ring (bicyclic) bond motifs is 3. The number of amides is 1. The Bertz CT molecular complexity index is 1130. The fourth-order valence-corrected chi connectivity index (χ4v) is 4.46. The number of halogens is 1. The number of rotatable bonds is 8. The van der Waals surface area contributed by atoms with Crippen LogP contribution in [0, 0.1) is 12.7 Å². The Balaban J connectivity index is 1.44. The van der Waals surface area contributed by atoms with Crippen LogP contribution in [-0.2, 0) is 16.0 Å². The van der Waals surface area contributed by atoms with Crippen molar-refractivity contribution in [1.82, 2.24) is 5.32 Å². The van der Waals surface area contributed by atoms with Gasteiger partial charge >= 0.3 is 12.1 Å². The molecule has 1 aliphatic rings. The maximum atomic E-state index is 14.2. The molecule has 1 atom stereocenters. The second-order valence-corrected chi connectivity index (χ2v) is 8.40. The van der Waals surface area contributed by atoms with E-state index in [2.05, 4.69) is 17.4 Å². The molecule has 170 valence electrons. The summed E-state index contributed by atoms with van der Waals surface area (Å²) in [5, 5.41) is 11.8. The second-order valence-electron chi connectivity index (χ2n) is 8.40. The Morgan fingerprint density at radius 1 is 1.03 bits per heavy atom. The highest BCUT2D eigenvalue weighted by Crippen LogP contribution is 2.44. The van der Waals surface area contributed by atoms with E-state index < -0.39 is 18.1 Å². The van der Waals surface area contributed by atoms with Crippen molar-refractivity contribution in [3.05, 3.63) is 94.8 Å². The van der Waals surface area contributed by atoms with Gasteiger partial charge in [0.1, 0.15) is 12.4 Å². The van der Waals surface area contributed by atoms with E-state index in [9.17, 15) is 14.0 Å². The monoisotopic (exact) mass is 447 g/mol. The highest BCUT2D eigenvalue weighted by Gasteiger charge is 2.29. The van der Waals surface area contributed by atoms with Crippen molar-refractivity contribution in [2.45, 2.75) is 38.1 Å². The number of carbonyl (C=O) groups is 2. The smallest absolute Gasteiger partial charge is 0.407 e. The lowest BCUT2D eigenvalue weighted by Crippen LogP contribution is -2.38. The minimum absolute atomic E-state index is 0.0742. The average molecular weight is 448 g/mol. The number of hydrogen-bond acceptors (Lipinski definition) is 3. The molecule has 0 spiro atoms.